The second-order valence-corrected chi connectivity index (χ2v) is 3.29. The molecule has 1 aliphatic heterocycles. The lowest BCUT2D eigenvalue weighted by Gasteiger charge is -2.10. The van der Waals surface area contributed by atoms with Crippen LogP contribution in [-0.2, 0) is 11.3 Å². The fraction of sp³-hybridized carbons (Fsp3) is 0.556. The summed E-state index contributed by atoms with van der Waals surface area (Å²) in [4.78, 5) is 14.9. The van der Waals surface area contributed by atoms with Crippen molar-refractivity contribution in [1.82, 2.24) is 14.9 Å². The third kappa shape index (κ3) is 1.57. The van der Waals surface area contributed by atoms with Gasteiger partial charge in [-0.3, -0.25) is 0 Å². The standard InChI is InChI=1S/C9H13N3O2/c1-2-3-12-6-10-4-7(12)8-5-11-9(13)14-8/h4,6,8H,2-3,5H2,1H3,(H,11,13). The molecule has 0 aliphatic carbocycles. The third-order valence-electron chi connectivity index (χ3n) is 2.22. The summed E-state index contributed by atoms with van der Waals surface area (Å²) in [7, 11) is 0. The van der Waals surface area contributed by atoms with Crippen molar-refractivity contribution in [1.29, 1.82) is 0 Å². The largest absolute Gasteiger partial charge is 0.438 e. The van der Waals surface area contributed by atoms with Crippen LogP contribution in [0.1, 0.15) is 25.1 Å². The monoisotopic (exact) mass is 195 g/mol. The van der Waals surface area contributed by atoms with Gasteiger partial charge < -0.3 is 14.6 Å². The van der Waals surface area contributed by atoms with Crippen LogP contribution in [0.2, 0.25) is 0 Å². The average molecular weight is 195 g/mol. The van der Waals surface area contributed by atoms with Gasteiger partial charge in [-0.2, -0.15) is 0 Å². The van der Waals surface area contributed by atoms with Gasteiger partial charge in [0.25, 0.3) is 0 Å². The van der Waals surface area contributed by atoms with E-state index >= 15 is 0 Å². The first-order chi connectivity index (χ1) is 6.81. The molecule has 2 heterocycles. The number of hydrogen-bond donors (Lipinski definition) is 1. The second-order valence-electron chi connectivity index (χ2n) is 3.29. The first-order valence-electron chi connectivity index (χ1n) is 4.75. The molecule has 0 spiro atoms. The van der Waals surface area contributed by atoms with Gasteiger partial charge in [0.2, 0.25) is 0 Å². The molecule has 2 rings (SSSR count). The minimum atomic E-state index is -0.348. The van der Waals surface area contributed by atoms with E-state index in [0.29, 0.717) is 6.54 Å². The van der Waals surface area contributed by atoms with Gasteiger partial charge >= 0.3 is 6.09 Å². The van der Waals surface area contributed by atoms with Crippen molar-refractivity contribution >= 4 is 6.09 Å². The van der Waals surface area contributed by atoms with Crippen molar-refractivity contribution in [3.8, 4) is 0 Å². The van der Waals surface area contributed by atoms with Gasteiger partial charge in [0.15, 0.2) is 6.10 Å². The summed E-state index contributed by atoms with van der Waals surface area (Å²) in [5.74, 6) is 0. The number of amides is 1. The highest BCUT2D eigenvalue weighted by molar-refractivity contribution is 5.69. The number of hydrogen-bond acceptors (Lipinski definition) is 3. The molecule has 1 unspecified atom stereocenters. The molecular formula is C9H13N3O2. The van der Waals surface area contributed by atoms with E-state index in [1.165, 1.54) is 0 Å². The van der Waals surface area contributed by atoms with Crippen LogP contribution in [0.3, 0.4) is 0 Å². The molecular weight excluding hydrogens is 182 g/mol. The van der Waals surface area contributed by atoms with Crippen LogP contribution in [0.15, 0.2) is 12.5 Å². The van der Waals surface area contributed by atoms with E-state index < -0.39 is 0 Å². The van der Waals surface area contributed by atoms with Crippen LogP contribution in [-0.4, -0.2) is 22.2 Å². The van der Waals surface area contributed by atoms with Crippen LogP contribution in [0, 0.1) is 0 Å². The van der Waals surface area contributed by atoms with Gasteiger partial charge in [-0.25, -0.2) is 9.78 Å². The summed E-state index contributed by atoms with van der Waals surface area (Å²) in [5.41, 5.74) is 0.963. The second kappa shape index (κ2) is 3.69. The fourth-order valence-electron chi connectivity index (χ4n) is 1.58. The summed E-state index contributed by atoms with van der Waals surface area (Å²) in [5, 5.41) is 2.62. The molecule has 14 heavy (non-hydrogen) atoms. The van der Waals surface area contributed by atoms with Gasteiger partial charge in [-0.05, 0) is 6.42 Å². The first kappa shape index (κ1) is 9.05. The maximum atomic E-state index is 10.9. The lowest BCUT2D eigenvalue weighted by Crippen LogP contribution is -2.13. The average Bonchev–Trinajstić information content (AvgIpc) is 2.74. The van der Waals surface area contributed by atoms with Crippen molar-refractivity contribution in [3.05, 3.63) is 18.2 Å². The molecule has 5 heteroatoms. The van der Waals surface area contributed by atoms with Crippen molar-refractivity contribution < 1.29 is 9.53 Å². The molecule has 1 N–H and O–H groups in total. The summed E-state index contributed by atoms with van der Waals surface area (Å²) >= 11 is 0. The molecule has 0 radical (unpaired) electrons. The molecule has 1 amide bonds. The van der Waals surface area contributed by atoms with Gasteiger partial charge in [0.1, 0.15) is 0 Å². The fourth-order valence-corrected chi connectivity index (χ4v) is 1.58. The van der Waals surface area contributed by atoms with Crippen molar-refractivity contribution in [2.45, 2.75) is 26.0 Å². The number of ether oxygens (including phenoxy) is 1. The summed E-state index contributed by atoms with van der Waals surface area (Å²) in [6, 6.07) is 0. The van der Waals surface area contributed by atoms with E-state index in [1.807, 2.05) is 4.57 Å². The Morgan fingerprint density at radius 2 is 2.64 bits per heavy atom. The number of carbonyl (C=O) groups is 1. The summed E-state index contributed by atoms with van der Waals surface area (Å²) in [6.45, 7) is 3.54. The molecule has 0 saturated carbocycles. The Morgan fingerprint density at radius 3 is 3.29 bits per heavy atom. The van der Waals surface area contributed by atoms with Crippen LogP contribution in [0.4, 0.5) is 4.79 Å². The molecule has 1 aromatic heterocycles. The van der Waals surface area contributed by atoms with E-state index in [-0.39, 0.29) is 12.2 Å². The van der Waals surface area contributed by atoms with Gasteiger partial charge in [0.05, 0.1) is 24.8 Å². The lowest BCUT2D eigenvalue weighted by molar-refractivity contribution is 0.137. The number of carbonyl (C=O) groups excluding carboxylic acids is 1. The molecule has 1 fully saturated rings. The topological polar surface area (TPSA) is 56.2 Å². The maximum absolute atomic E-state index is 10.9. The van der Waals surface area contributed by atoms with E-state index in [0.717, 1.165) is 18.7 Å². The minimum absolute atomic E-state index is 0.184. The normalized spacial score (nSPS) is 20.6. The number of alkyl carbamates (subject to hydrolysis) is 1. The highest BCUT2D eigenvalue weighted by atomic mass is 16.6. The molecule has 1 aliphatic rings. The molecule has 0 bridgehead atoms. The Labute approximate surface area is 82.1 Å². The van der Waals surface area contributed by atoms with Crippen LogP contribution >= 0.6 is 0 Å². The van der Waals surface area contributed by atoms with Crippen molar-refractivity contribution in [3.63, 3.8) is 0 Å². The van der Waals surface area contributed by atoms with Crippen molar-refractivity contribution in [2.75, 3.05) is 6.54 Å². The SMILES string of the molecule is CCCn1cncc1C1CNC(=O)O1. The molecule has 1 atom stereocenters. The zero-order chi connectivity index (χ0) is 9.97. The Balaban J connectivity index is 2.14. The van der Waals surface area contributed by atoms with E-state index in [2.05, 4.69) is 17.2 Å². The number of aryl methyl sites for hydroxylation is 1. The van der Waals surface area contributed by atoms with E-state index in [4.69, 9.17) is 4.74 Å². The smallest absolute Gasteiger partial charge is 0.408 e. The molecule has 76 valence electrons. The number of aromatic nitrogens is 2. The quantitative estimate of drug-likeness (QED) is 0.785. The molecule has 5 nitrogen and oxygen atoms in total. The first-order valence-corrected chi connectivity index (χ1v) is 4.75. The zero-order valence-electron chi connectivity index (χ0n) is 8.06. The van der Waals surface area contributed by atoms with E-state index in [1.54, 1.807) is 12.5 Å². The van der Waals surface area contributed by atoms with Gasteiger partial charge in [-0.1, -0.05) is 6.92 Å². The predicted molar refractivity (Wildman–Crippen MR) is 49.7 cm³/mol. The summed E-state index contributed by atoms with van der Waals surface area (Å²) in [6.07, 6.45) is 4.03. The highest BCUT2D eigenvalue weighted by Crippen LogP contribution is 2.20. The number of imidazole rings is 1. The zero-order valence-corrected chi connectivity index (χ0v) is 8.06. The highest BCUT2D eigenvalue weighted by Gasteiger charge is 2.26. The molecule has 0 aromatic carbocycles. The van der Waals surface area contributed by atoms with E-state index in [9.17, 15) is 4.79 Å². The number of rotatable bonds is 3. The van der Waals surface area contributed by atoms with Crippen LogP contribution in [0.25, 0.3) is 0 Å². The Morgan fingerprint density at radius 1 is 1.79 bits per heavy atom. The van der Waals surface area contributed by atoms with Crippen molar-refractivity contribution in [2.24, 2.45) is 0 Å². The third-order valence-corrected chi connectivity index (χ3v) is 2.22. The Kier molecular flexibility index (Phi) is 2.39. The predicted octanol–water partition coefficient (Wildman–Crippen LogP) is 1.07. The number of cyclic esters (lactones) is 1. The molecule has 1 aromatic rings. The summed E-state index contributed by atoms with van der Waals surface area (Å²) < 4.78 is 7.10. The number of nitrogens with zero attached hydrogens (tertiary/aromatic N) is 2. The van der Waals surface area contributed by atoms with Gasteiger partial charge in [-0.15, -0.1) is 0 Å². The maximum Gasteiger partial charge on any atom is 0.408 e. The number of nitrogens with one attached hydrogen (secondary N) is 1. The Hall–Kier alpha value is -1.52. The minimum Gasteiger partial charge on any atom is -0.438 e. The van der Waals surface area contributed by atoms with Gasteiger partial charge in [0, 0.05) is 6.54 Å². The van der Waals surface area contributed by atoms with Crippen LogP contribution < -0.4 is 5.32 Å². The molecule has 1 saturated heterocycles. The van der Waals surface area contributed by atoms with Crippen LogP contribution in [0.5, 0.6) is 0 Å². The Bertz CT molecular complexity index is 335. The lowest BCUT2D eigenvalue weighted by atomic mass is 10.2.